The summed E-state index contributed by atoms with van der Waals surface area (Å²) < 4.78 is 49.0. The number of carbonyl (C=O) groups is 2. The Balaban J connectivity index is 1.84. The molecule has 0 aliphatic carbocycles. The topological polar surface area (TPSA) is 83.8 Å². The zero-order valence-corrected chi connectivity index (χ0v) is 18.3. The van der Waals surface area contributed by atoms with E-state index in [1.165, 1.54) is 30.3 Å². The number of hydrogen-bond acceptors (Lipinski definition) is 5. The van der Waals surface area contributed by atoms with Crippen LogP contribution in [0.1, 0.15) is 26.4 Å². The Morgan fingerprint density at radius 3 is 2.32 bits per heavy atom. The molecule has 172 valence electrons. The van der Waals surface area contributed by atoms with Crippen LogP contribution >= 0.6 is 11.3 Å². The van der Waals surface area contributed by atoms with Gasteiger partial charge in [0.1, 0.15) is 16.4 Å². The van der Waals surface area contributed by atoms with Crippen LogP contribution in [0, 0.1) is 24.4 Å². The molecular formula is C25H15F3O5S. The fourth-order valence-corrected chi connectivity index (χ4v) is 4.48. The third kappa shape index (κ3) is 4.51. The second-order valence-corrected chi connectivity index (χ2v) is 8.37. The molecule has 4 rings (SSSR count). The number of ketones is 1. The van der Waals surface area contributed by atoms with E-state index in [1.54, 1.807) is 6.92 Å². The first-order valence-electron chi connectivity index (χ1n) is 9.78. The maximum Gasteiger partial charge on any atom is 0.328 e. The van der Waals surface area contributed by atoms with Crippen LogP contribution in [-0.2, 0) is 4.79 Å². The summed E-state index contributed by atoms with van der Waals surface area (Å²) in [7, 11) is 0. The van der Waals surface area contributed by atoms with E-state index in [1.807, 2.05) is 0 Å². The lowest BCUT2D eigenvalue weighted by molar-refractivity contribution is -0.131. The van der Waals surface area contributed by atoms with Crippen molar-refractivity contribution in [2.45, 2.75) is 6.92 Å². The summed E-state index contributed by atoms with van der Waals surface area (Å²) in [6.45, 7) is 1.55. The van der Waals surface area contributed by atoms with Gasteiger partial charge in [-0.1, -0.05) is 0 Å². The number of carboxylic acids is 1. The van der Waals surface area contributed by atoms with E-state index >= 15 is 0 Å². The van der Waals surface area contributed by atoms with E-state index in [9.17, 15) is 27.9 Å². The molecule has 0 saturated carbocycles. The van der Waals surface area contributed by atoms with Crippen LogP contribution in [0.3, 0.4) is 0 Å². The second-order valence-electron chi connectivity index (χ2n) is 7.32. The van der Waals surface area contributed by atoms with Gasteiger partial charge in [0, 0.05) is 21.7 Å². The first-order valence-corrected chi connectivity index (χ1v) is 10.6. The number of rotatable bonds is 6. The van der Waals surface area contributed by atoms with Gasteiger partial charge in [0.15, 0.2) is 23.1 Å². The van der Waals surface area contributed by atoms with E-state index in [-0.39, 0.29) is 27.5 Å². The molecule has 1 heterocycles. The predicted molar refractivity (Wildman–Crippen MR) is 121 cm³/mol. The highest BCUT2D eigenvalue weighted by molar-refractivity contribution is 7.21. The van der Waals surface area contributed by atoms with E-state index in [0.29, 0.717) is 15.6 Å². The highest BCUT2D eigenvalue weighted by Gasteiger charge is 2.25. The van der Waals surface area contributed by atoms with Gasteiger partial charge in [-0.3, -0.25) is 4.79 Å². The van der Waals surface area contributed by atoms with E-state index < -0.39 is 35.0 Å². The van der Waals surface area contributed by atoms with Crippen molar-refractivity contribution in [1.82, 2.24) is 0 Å². The van der Waals surface area contributed by atoms with Crippen LogP contribution in [0.4, 0.5) is 13.2 Å². The van der Waals surface area contributed by atoms with E-state index in [2.05, 4.69) is 0 Å². The molecule has 0 saturated heterocycles. The molecule has 0 unspecified atom stereocenters. The molecule has 0 atom stereocenters. The number of carbonyl (C=O) groups excluding carboxylic acids is 1. The van der Waals surface area contributed by atoms with Gasteiger partial charge in [-0.05, 0) is 72.7 Å². The highest BCUT2D eigenvalue weighted by atomic mass is 32.1. The number of aromatic hydroxyl groups is 1. The van der Waals surface area contributed by atoms with Gasteiger partial charge >= 0.3 is 5.97 Å². The van der Waals surface area contributed by atoms with Crippen molar-refractivity contribution in [3.8, 4) is 17.2 Å². The van der Waals surface area contributed by atoms with E-state index in [0.717, 1.165) is 41.7 Å². The Morgan fingerprint density at radius 1 is 0.971 bits per heavy atom. The normalized spacial score (nSPS) is 11.3. The van der Waals surface area contributed by atoms with Crippen molar-refractivity contribution < 1.29 is 37.7 Å². The average Bonchev–Trinajstić information content (AvgIpc) is 3.11. The first kappa shape index (κ1) is 23.1. The third-order valence-corrected chi connectivity index (χ3v) is 6.04. The lowest BCUT2D eigenvalue weighted by Gasteiger charge is -2.11. The lowest BCUT2D eigenvalue weighted by Crippen LogP contribution is -2.04. The van der Waals surface area contributed by atoms with Crippen LogP contribution < -0.4 is 4.74 Å². The molecule has 0 fully saturated rings. The van der Waals surface area contributed by atoms with Gasteiger partial charge < -0.3 is 14.9 Å². The van der Waals surface area contributed by atoms with Crippen molar-refractivity contribution >= 4 is 39.3 Å². The summed E-state index contributed by atoms with van der Waals surface area (Å²) in [4.78, 5) is 24.0. The molecule has 0 aliphatic heterocycles. The molecule has 34 heavy (non-hydrogen) atoms. The summed E-state index contributed by atoms with van der Waals surface area (Å²) in [5.74, 6) is -5.56. The number of phenolic OH excluding ortho intramolecular Hbond substituents is 1. The number of benzene rings is 3. The Kier molecular flexibility index (Phi) is 6.12. The van der Waals surface area contributed by atoms with Crippen molar-refractivity contribution in [2.24, 2.45) is 0 Å². The van der Waals surface area contributed by atoms with Gasteiger partial charge in [-0.2, -0.15) is 0 Å². The van der Waals surface area contributed by atoms with Crippen molar-refractivity contribution in [2.75, 3.05) is 0 Å². The Morgan fingerprint density at radius 2 is 1.68 bits per heavy atom. The van der Waals surface area contributed by atoms with Crippen LogP contribution in [0.5, 0.6) is 17.2 Å². The monoisotopic (exact) mass is 484 g/mol. The first-order chi connectivity index (χ1) is 16.1. The van der Waals surface area contributed by atoms with Crippen LogP contribution in [-0.4, -0.2) is 22.0 Å². The number of thiophene rings is 1. The summed E-state index contributed by atoms with van der Waals surface area (Å²) in [6.07, 6.45) is 1.75. The predicted octanol–water partition coefficient (Wildman–Crippen LogP) is 6.45. The van der Waals surface area contributed by atoms with Gasteiger partial charge in [0.05, 0.1) is 0 Å². The van der Waals surface area contributed by atoms with Crippen molar-refractivity contribution in [1.29, 1.82) is 0 Å². The molecule has 0 radical (unpaired) electrons. The maximum absolute atomic E-state index is 14.7. The minimum atomic E-state index is -1.28. The summed E-state index contributed by atoms with van der Waals surface area (Å²) >= 11 is 0.950. The Hall–Kier alpha value is -4.11. The Bertz CT molecular complexity index is 1470. The number of aliphatic carboxylic acids is 1. The summed E-state index contributed by atoms with van der Waals surface area (Å²) in [6, 6.07) is 9.58. The summed E-state index contributed by atoms with van der Waals surface area (Å²) in [5.41, 5.74) is 0.503. The van der Waals surface area contributed by atoms with Gasteiger partial charge in [0.25, 0.3) is 0 Å². The van der Waals surface area contributed by atoms with Crippen LogP contribution in [0.25, 0.3) is 16.2 Å². The third-order valence-electron chi connectivity index (χ3n) is 4.91. The zero-order chi connectivity index (χ0) is 24.6. The van der Waals surface area contributed by atoms with Crippen LogP contribution in [0.2, 0.25) is 0 Å². The molecule has 4 aromatic rings. The minimum Gasteiger partial charge on any atom is -0.508 e. The standard InChI is InChI=1S/C25H15F3O5S/c1-12-8-14(26)3-5-16(12)22(32)25-23(17-6-4-15(29)11-20(17)34-25)33-24-18(27)9-13(10-19(24)28)2-7-21(30)31/h2-11,29H,1H3,(H,30,31). The van der Waals surface area contributed by atoms with Crippen LogP contribution in [0.15, 0.2) is 54.6 Å². The molecule has 5 nitrogen and oxygen atoms in total. The smallest absolute Gasteiger partial charge is 0.328 e. The minimum absolute atomic E-state index is 0.00366. The molecule has 0 amide bonds. The van der Waals surface area contributed by atoms with Gasteiger partial charge in [-0.15, -0.1) is 11.3 Å². The lowest BCUT2D eigenvalue weighted by atomic mass is 10.0. The fraction of sp³-hybridized carbons (Fsp3) is 0.0400. The second kappa shape index (κ2) is 9.03. The number of halogens is 3. The van der Waals surface area contributed by atoms with Gasteiger partial charge in [0.2, 0.25) is 5.78 Å². The quantitative estimate of drug-likeness (QED) is 0.243. The number of ether oxygens (including phenoxy) is 1. The zero-order valence-electron chi connectivity index (χ0n) is 17.4. The highest BCUT2D eigenvalue weighted by Crippen LogP contribution is 2.44. The van der Waals surface area contributed by atoms with Crippen molar-refractivity contribution in [3.63, 3.8) is 0 Å². The molecule has 0 aliphatic rings. The Labute approximate surface area is 195 Å². The maximum atomic E-state index is 14.7. The molecule has 2 N–H and O–H groups in total. The largest absolute Gasteiger partial charge is 0.508 e. The number of aryl methyl sites for hydroxylation is 1. The van der Waals surface area contributed by atoms with Gasteiger partial charge in [-0.25, -0.2) is 18.0 Å². The molecule has 0 spiro atoms. The van der Waals surface area contributed by atoms with Crippen molar-refractivity contribution in [3.05, 3.63) is 93.6 Å². The number of hydrogen-bond donors (Lipinski definition) is 2. The molecule has 1 aromatic heterocycles. The number of fused-ring (bicyclic) bond motifs is 1. The molecule has 3 aromatic carbocycles. The molecule has 0 bridgehead atoms. The summed E-state index contributed by atoms with van der Waals surface area (Å²) in [5, 5.41) is 18.9. The number of carboxylic acid groups (broad SMARTS) is 1. The molecule has 9 heteroatoms. The SMILES string of the molecule is Cc1cc(F)ccc1C(=O)c1sc2cc(O)ccc2c1Oc1c(F)cc(C=CC(=O)O)cc1F. The fourth-order valence-electron chi connectivity index (χ4n) is 3.36. The average molecular weight is 484 g/mol. The number of phenols is 1. The molecular weight excluding hydrogens is 469 g/mol. The van der Waals surface area contributed by atoms with E-state index in [4.69, 9.17) is 9.84 Å².